The zero-order valence-corrected chi connectivity index (χ0v) is 8.96. The molecule has 4 N–H and O–H groups in total. The predicted molar refractivity (Wildman–Crippen MR) is 61.9 cm³/mol. The fourth-order valence-corrected chi connectivity index (χ4v) is 1.85. The maximum absolute atomic E-state index is 8.81. The van der Waals surface area contributed by atoms with Gasteiger partial charge in [-0.15, -0.1) is 0 Å². The van der Waals surface area contributed by atoms with Crippen LogP contribution in [-0.2, 0) is 0 Å². The van der Waals surface area contributed by atoms with Gasteiger partial charge in [0.15, 0.2) is 0 Å². The summed E-state index contributed by atoms with van der Waals surface area (Å²) < 4.78 is 0. The molecule has 0 aliphatic carbocycles. The van der Waals surface area contributed by atoms with Crippen LogP contribution in [-0.4, -0.2) is 16.7 Å². The van der Waals surface area contributed by atoms with E-state index in [1.807, 2.05) is 18.2 Å². The molecule has 2 rings (SSSR count). The molecule has 15 heavy (non-hydrogen) atoms. The summed E-state index contributed by atoms with van der Waals surface area (Å²) in [7, 11) is 0. The molecule has 0 fully saturated rings. The molecule has 1 atom stereocenters. The van der Waals surface area contributed by atoms with Crippen LogP contribution in [0.25, 0.3) is 10.9 Å². The van der Waals surface area contributed by atoms with Gasteiger partial charge in [-0.25, -0.2) is 0 Å². The predicted octanol–water partition coefficient (Wildman–Crippen LogP) is 2.20. The first kappa shape index (κ1) is 10.5. The molecule has 0 aliphatic rings. The van der Waals surface area contributed by atoms with Gasteiger partial charge >= 0.3 is 0 Å². The first-order valence-electron chi connectivity index (χ1n) is 4.85. The molecule has 4 heteroatoms. The highest BCUT2D eigenvalue weighted by molar-refractivity contribution is 6.35. The molecular formula is C11H13ClN2O. The van der Waals surface area contributed by atoms with E-state index in [9.17, 15) is 0 Å². The third kappa shape index (κ3) is 2.00. The van der Waals surface area contributed by atoms with Crippen molar-refractivity contribution < 1.29 is 5.11 Å². The number of rotatable bonds is 3. The van der Waals surface area contributed by atoms with E-state index >= 15 is 0 Å². The number of aliphatic hydroxyl groups is 1. The molecule has 2 aromatic rings. The van der Waals surface area contributed by atoms with Crippen LogP contribution in [0.15, 0.2) is 24.4 Å². The lowest BCUT2D eigenvalue weighted by molar-refractivity contribution is 0.276. The Kier molecular flexibility index (Phi) is 2.95. The van der Waals surface area contributed by atoms with Gasteiger partial charge in [-0.05, 0) is 24.1 Å². The summed E-state index contributed by atoms with van der Waals surface area (Å²) in [5, 5.41) is 10.5. The van der Waals surface area contributed by atoms with Gasteiger partial charge in [0.1, 0.15) is 0 Å². The number of hydrogen-bond donors (Lipinski definition) is 3. The minimum atomic E-state index is -0.134. The molecule has 80 valence electrons. The third-order valence-corrected chi connectivity index (χ3v) is 2.84. The molecule has 1 unspecified atom stereocenters. The summed E-state index contributed by atoms with van der Waals surface area (Å²) in [5.74, 6) is 0. The van der Waals surface area contributed by atoms with E-state index in [0.29, 0.717) is 11.4 Å². The molecule has 0 aliphatic heterocycles. The molecule has 0 radical (unpaired) electrons. The molecule has 0 bridgehead atoms. The van der Waals surface area contributed by atoms with Crippen LogP contribution in [0, 0.1) is 0 Å². The Bertz CT molecular complexity index is 467. The summed E-state index contributed by atoms with van der Waals surface area (Å²) in [6, 6.07) is 5.74. The second-order valence-corrected chi connectivity index (χ2v) is 3.97. The van der Waals surface area contributed by atoms with E-state index in [2.05, 4.69) is 4.98 Å². The first-order chi connectivity index (χ1) is 7.22. The van der Waals surface area contributed by atoms with E-state index < -0.39 is 0 Å². The first-order valence-corrected chi connectivity index (χ1v) is 5.23. The summed E-state index contributed by atoms with van der Waals surface area (Å²) in [6.45, 7) is 0.0973. The highest BCUT2D eigenvalue weighted by Gasteiger charge is 2.08. The van der Waals surface area contributed by atoms with Gasteiger partial charge in [-0.3, -0.25) is 0 Å². The van der Waals surface area contributed by atoms with Crippen LogP contribution < -0.4 is 5.73 Å². The van der Waals surface area contributed by atoms with E-state index in [1.165, 1.54) is 0 Å². The topological polar surface area (TPSA) is 62.0 Å². The fourth-order valence-electron chi connectivity index (χ4n) is 1.64. The molecule has 1 heterocycles. The number of aliphatic hydroxyl groups excluding tert-OH is 1. The number of nitrogens with one attached hydrogen (secondary N) is 1. The Morgan fingerprint density at radius 2 is 2.27 bits per heavy atom. The average Bonchev–Trinajstić information content (AvgIpc) is 2.60. The van der Waals surface area contributed by atoms with Crippen LogP contribution >= 0.6 is 11.6 Å². The van der Waals surface area contributed by atoms with E-state index in [1.54, 1.807) is 6.20 Å². The number of benzene rings is 1. The van der Waals surface area contributed by atoms with Crippen LogP contribution in [0.1, 0.15) is 18.0 Å². The van der Waals surface area contributed by atoms with Crippen molar-refractivity contribution in [1.82, 2.24) is 4.98 Å². The van der Waals surface area contributed by atoms with E-state index in [-0.39, 0.29) is 12.6 Å². The summed E-state index contributed by atoms with van der Waals surface area (Å²) in [5.41, 5.74) is 7.90. The number of halogens is 1. The van der Waals surface area contributed by atoms with Crippen molar-refractivity contribution in [2.75, 3.05) is 6.61 Å². The zero-order chi connectivity index (χ0) is 10.8. The van der Waals surface area contributed by atoms with Crippen molar-refractivity contribution in [3.63, 3.8) is 0 Å². The van der Waals surface area contributed by atoms with Gasteiger partial charge in [0.05, 0.1) is 5.02 Å². The Balaban J connectivity index is 2.41. The minimum Gasteiger partial charge on any atom is -0.396 e. The highest BCUT2D eigenvalue weighted by Crippen LogP contribution is 2.26. The molecule has 0 saturated carbocycles. The minimum absolute atomic E-state index is 0.0973. The van der Waals surface area contributed by atoms with Crippen molar-refractivity contribution in [2.24, 2.45) is 5.73 Å². The van der Waals surface area contributed by atoms with Gasteiger partial charge in [-0.1, -0.05) is 17.7 Å². The van der Waals surface area contributed by atoms with E-state index in [4.69, 9.17) is 22.4 Å². The number of fused-ring (bicyclic) bond motifs is 1. The number of aromatic amines is 1. The van der Waals surface area contributed by atoms with Gasteiger partial charge in [0.2, 0.25) is 0 Å². The van der Waals surface area contributed by atoms with Crippen molar-refractivity contribution in [2.45, 2.75) is 12.5 Å². The second-order valence-electron chi connectivity index (χ2n) is 3.56. The largest absolute Gasteiger partial charge is 0.396 e. The van der Waals surface area contributed by atoms with Crippen molar-refractivity contribution >= 4 is 22.5 Å². The summed E-state index contributed by atoms with van der Waals surface area (Å²) in [6.07, 6.45) is 2.32. The lowest BCUT2D eigenvalue weighted by Crippen LogP contribution is -2.11. The quantitative estimate of drug-likeness (QED) is 0.749. The van der Waals surface area contributed by atoms with Gasteiger partial charge in [0.25, 0.3) is 0 Å². The molecule has 0 saturated heterocycles. The summed E-state index contributed by atoms with van der Waals surface area (Å²) >= 11 is 6.00. The van der Waals surface area contributed by atoms with Crippen molar-refractivity contribution in [3.05, 3.63) is 35.0 Å². The Hall–Kier alpha value is -1.03. The Morgan fingerprint density at radius 3 is 3.00 bits per heavy atom. The van der Waals surface area contributed by atoms with Crippen molar-refractivity contribution in [1.29, 1.82) is 0 Å². The second kappa shape index (κ2) is 4.23. The summed E-state index contributed by atoms with van der Waals surface area (Å²) in [4.78, 5) is 3.06. The van der Waals surface area contributed by atoms with Gasteiger partial charge in [-0.2, -0.15) is 0 Å². The normalized spacial score (nSPS) is 13.3. The molecule has 0 amide bonds. The third-order valence-electron chi connectivity index (χ3n) is 2.52. The van der Waals surface area contributed by atoms with Gasteiger partial charge < -0.3 is 15.8 Å². The fraction of sp³-hybridized carbons (Fsp3) is 0.273. The molecule has 1 aromatic carbocycles. The monoisotopic (exact) mass is 224 g/mol. The Labute approximate surface area is 92.9 Å². The molecule has 1 aromatic heterocycles. The number of H-pyrrole nitrogens is 1. The SMILES string of the molecule is NC(CCO)c1ccc2[nH]cc(Cl)c2c1. The number of aromatic nitrogens is 1. The maximum atomic E-state index is 8.81. The van der Waals surface area contributed by atoms with Crippen LogP contribution in [0.5, 0.6) is 0 Å². The zero-order valence-electron chi connectivity index (χ0n) is 8.20. The molecule has 0 spiro atoms. The van der Waals surface area contributed by atoms with Crippen LogP contribution in [0.2, 0.25) is 5.02 Å². The van der Waals surface area contributed by atoms with Crippen LogP contribution in [0.4, 0.5) is 0 Å². The Morgan fingerprint density at radius 1 is 1.47 bits per heavy atom. The lowest BCUT2D eigenvalue weighted by atomic mass is 10.0. The average molecular weight is 225 g/mol. The molecule has 3 nitrogen and oxygen atoms in total. The van der Waals surface area contributed by atoms with E-state index in [0.717, 1.165) is 16.5 Å². The smallest absolute Gasteiger partial charge is 0.0659 e. The lowest BCUT2D eigenvalue weighted by Gasteiger charge is -2.10. The standard InChI is InChI=1S/C11H13ClN2O/c12-9-6-14-11-2-1-7(5-8(9)11)10(13)3-4-15/h1-2,5-6,10,14-15H,3-4,13H2. The van der Waals surface area contributed by atoms with Crippen molar-refractivity contribution in [3.8, 4) is 0 Å². The van der Waals surface area contributed by atoms with Crippen LogP contribution in [0.3, 0.4) is 0 Å². The van der Waals surface area contributed by atoms with Gasteiger partial charge in [0, 0.05) is 29.7 Å². The number of hydrogen-bond acceptors (Lipinski definition) is 2. The molecular weight excluding hydrogens is 212 g/mol. The highest BCUT2D eigenvalue weighted by atomic mass is 35.5. The number of nitrogens with two attached hydrogens (primary N) is 1. The maximum Gasteiger partial charge on any atom is 0.0659 e.